The number of halogens is 1. The summed E-state index contributed by atoms with van der Waals surface area (Å²) in [5.74, 6) is -4.56. The Kier molecular flexibility index (Phi) is 13.7. The molecule has 5 aromatic rings. The van der Waals surface area contributed by atoms with E-state index in [9.17, 15) is 29.1 Å². The second kappa shape index (κ2) is 19.2. The molecule has 0 saturated carbocycles. The van der Waals surface area contributed by atoms with Gasteiger partial charge in [0.15, 0.2) is 18.0 Å². The van der Waals surface area contributed by atoms with E-state index in [0.29, 0.717) is 11.3 Å². The minimum absolute atomic E-state index is 0.0792. The van der Waals surface area contributed by atoms with Gasteiger partial charge in [-0.3, -0.25) is 24.0 Å². The second-order valence-electron chi connectivity index (χ2n) is 13.2. The van der Waals surface area contributed by atoms with Crippen LogP contribution in [0.2, 0.25) is 0 Å². The van der Waals surface area contributed by atoms with Crippen molar-refractivity contribution in [3.8, 4) is 34.3 Å². The molecule has 5 atom stereocenters. The van der Waals surface area contributed by atoms with Crippen LogP contribution in [-0.2, 0) is 56.1 Å². The predicted octanol–water partition coefficient (Wildman–Crippen LogP) is 6.00. The average Bonchev–Trinajstić information content (AvgIpc) is 3.21. The Labute approximate surface area is 342 Å². The third-order valence-electron chi connectivity index (χ3n) is 8.77. The minimum Gasteiger partial charge on any atom is -0.507 e. The van der Waals surface area contributed by atoms with E-state index < -0.39 is 84.0 Å². The molecule has 6 rings (SSSR count). The second-order valence-corrected chi connectivity index (χ2v) is 13.4. The molecule has 1 aromatic heterocycles. The lowest BCUT2D eigenvalue weighted by Crippen LogP contribution is -2.63. The van der Waals surface area contributed by atoms with Gasteiger partial charge in [0.05, 0.1) is 0 Å². The van der Waals surface area contributed by atoms with Crippen molar-refractivity contribution in [1.29, 1.82) is 0 Å². The molecule has 15 nitrogen and oxygen atoms in total. The van der Waals surface area contributed by atoms with Crippen molar-refractivity contribution in [3.05, 3.63) is 118 Å². The number of carbonyl (C=O) groups excluding carboxylic acids is 4. The lowest BCUT2D eigenvalue weighted by Gasteiger charge is -2.43. The fraction of sp³-hybridized carbons (Fsp3) is 0.279. The van der Waals surface area contributed by atoms with Crippen molar-refractivity contribution in [2.24, 2.45) is 0 Å². The van der Waals surface area contributed by atoms with Crippen LogP contribution in [0.3, 0.4) is 0 Å². The number of carbonyl (C=O) groups is 4. The summed E-state index contributed by atoms with van der Waals surface area (Å²) in [4.78, 5) is 63.9. The summed E-state index contributed by atoms with van der Waals surface area (Å²) < 4.78 is 52.3. The van der Waals surface area contributed by atoms with Crippen molar-refractivity contribution in [1.82, 2.24) is 0 Å². The van der Waals surface area contributed by atoms with Crippen LogP contribution >= 0.6 is 11.6 Å². The molecule has 1 aliphatic heterocycles. The molecule has 1 N–H and O–H groups in total. The third kappa shape index (κ3) is 10.7. The van der Waals surface area contributed by atoms with Crippen molar-refractivity contribution in [2.75, 3.05) is 12.5 Å². The van der Waals surface area contributed by atoms with Crippen molar-refractivity contribution in [2.45, 2.75) is 64.7 Å². The number of rotatable bonds is 15. The molecule has 59 heavy (non-hydrogen) atoms. The number of aromatic hydroxyl groups is 1. The van der Waals surface area contributed by atoms with Crippen LogP contribution < -0.4 is 19.6 Å². The molecule has 2 heterocycles. The van der Waals surface area contributed by atoms with Crippen LogP contribution in [0.5, 0.6) is 23.0 Å². The predicted molar refractivity (Wildman–Crippen MR) is 209 cm³/mol. The molecule has 0 aliphatic carbocycles. The highest BCUT2D eigenvalue weighted by Crippen LogP contribution is 2.39. The van der Waals surface area contributed by atoms with Crippen LogP contribution in [0, 0.1) is 0 Å². The van der Waals surface area contributed by atoms with Gasteiger partial charge in [0.1, 0.15) is 60.0 Å². The summed E-state index contributed by atoms with van der Waals surface area (Å²) in [7, 11) is 0. The lowest BCUT2D eigenvalue weighted by molar-refractivity contribution is -0.288. The van der Waals surface area contributed by atoms with E-state index in [1.54, 1.807) is 24.3 Å². The molecule has 0 amide bonds. The van der Waals surface area contributed by atoms with Crippen LogP contribution in [0.1, 0.15) is 31.9 Å². The zero-order valence-corrected chi connectivity index (χ0v) is 32.7. The van der Waals surface area contributed by atoms with E-state index in [-0.39, 0.29) is 35.7 Å². The van der Waals surface area contributed by atoms with Crippen LogP contribution in [0.25, 0.3) is 22.3 Å². The van der Waals surface area contributed by atoms with E-state index in [1.165, 1.54) is 12.1 Å². The largest absolute Gasteiger partial charge is 0.507 e. The number of esters is 4. The topological polar surface area (TPSA) is 193 Å². The summed E-state index contributed by atoms with van der Waals surface area (Å²) in [5.41, 5.74) is 1.11. The van der Waals surface area contributed by atoms with E-state index in [0.717, 1.165) is 31.9 Å². The van der Waals surface area contributed by atoms with Gasteiger partial charge in [0, 0.05) is 38.5 Å². The molecule has 0 spiro atoms. The summed E-state index contributed by atoms with van der Waals surface area (Å²) in [6, 6.07) is 28.0. The van der Waals surface area contributed by atoms with Crippen molar-refractivity contribution < 1.29 is 66.6 Å². The molecule has 5 unspecified atom stereocenters. The molecule has 1 saturated heterocycles. The highest BCUT2D eigenvalue weighted by Gasteiger charge is 2.54. The molecular formula is C43H39ClO15. The highest BCUT2D eigenvalue weighted by molar-refractivity contribution is 6.26. The number of benzene rings is 4. The Morgan fingerprint density at radius 3 is 1.85 bits per heavy atom. The molecule has 16 heteroatoms. The first-order chi connectivity index (χ1) is 28.4. The van der Waals surface area contributed by atoms with Crippen molar-refractivity contribution in [3.63, 3.8) is 0 Å². The molecule has 1 fully saturated rings. The van der Waals surface area contributed by atoms with Gasteiger partial charge in [-0.05, 0) is 35.4 Å². The van der Waals surface area contributed by atoms with E-state index in [4.69, 9.17) is 53.9 Å². The molecule has 1 aliphatic rings. The molecule has 308 valence electrons. The number of hydrogen-bond donors (Lipinski definition) is 1. The summed E-state index contributed by atoms with van der Waals surface area (Å²) in [6.45, 7) is 3.01. The van der Waals surface area contributed by atoms with Gasteiger partial charge in [-0.25, -0.2) is 0 Å². The average molecular weight is 831 g/mol. The Morgan fingerprint density at radius 2 is 1.27 bits per heavy atom. The van der Waals surface area contributed by atoms with Gasteiger partial charge in [-0.1, -0.05) is 60.7 Å². The fourth-order valence-electron chi connectivity index (χ4n) is 6.24. The Morgan fingerprint density at radius 1 is 0.712 bits per heavy atom. The van der Waals surface area contributed by atoms with Crippen LogP contribution in [0.4, 0.5) is 0 Å². The summed E-state index contributed by atoms with van der Waals surface area (Å²) in [6.07, 6.45) is -8.08. The van der Waals surface area contributed by atoms with Gasteiger partial charge >= 0.3 is 23.9 Å². The van der Waals surface area contributed by atoms with Gasteiger partial charge in [0.2, 0.25) is 23.6 Å². The summed E-state index contributed by atoms with van der Waals surface area (Å²) >= 11 is 5.64. The maximum absolute atomic E-state index is 14.6. The van der Waals surface area contributed by atoms with Gasteiger partial charge in [-0.15, -0.1) is 11.6 Å². The van der Waals surface area contributed by atoms with Gasteiger partial charge in [0.25, 0.3) is 0 Å². The molecule has 0 bridgehead atoms. The van der Waals surface area contributed by atoms with E-state index >= 15 is 0 Å². The monoisotopic (exact) mass is 830 g/mol. The van der Waals surface area contributed by atoms with Crippen molar-refractivity contribution >= 4 is 46.4 Å². The minimum atomic E-state index is -1.82. The number of alkyl halides is 1. The number of fused-ring (bicyclic) bond motifs is 1. The first-order valence-electron chi connectivity index (χ1n) is 18.2. The zero-order chi connectivity index (χ0) is 42.1. The number of hydrogen-bond acceptors (Lipinski definition) is 15. The number of phenolic OH excluding ortho intramolecular Hbond substituents is 1. The fourth-order valence-corrected chi connectivity index (χ4v) is 6.31. The third-order valence-corrected chi connectivity index (χ3v) is 8.99. The maximum Gasteiger partial charge on any atom is 0.320 e. The van der Waals surface area contributed by atoms with E-state index in [1.807, 2.05) is 60.7 Å². The number of ether oxygens (including phenoxy) is 8. The summed E-state index contributed by atoms with van der Waals surface area (Å²) in [5, 5.41) is 10.9. The molecule has 4 aromatic carbocycles. The quantitative estimate of drug-likeness (QED) is 0.0733. The lowest BCUT2D eigenvalue weighted by atomic mass is 9.98. The first-order valence-corrected chi connectivity index (χ1v) is 18.8. The Balaban J connectivity index is 1.45. The van der Waals surface area contributed by atoms with Crippen LogP contribution in [0.15, 0.2) is 106 Å². The van der Waals surface area contributed by atoms with Gasteiger partial charge in [-0.2, -0.15) is 0 Å². The SMILES string of the molecule is CC(=O)OC1C(COC(=O)CCl)OC(Oc2c(-c3ccc(OCc4ccccc4)cc3)oc3cc(OCc4ccccc4)cc(O)c3c2=O)C(OC(C)=O)C1OC(C)=O. The smallest absolute Gasteiger partial charge is 0.320 e. The standard InChI is InChI=1S/C43H39ClO15/c1-24(45)54-39-34(23-53-35(49)20-44)58-43(42(56-26(3)47)41(39)55-25(2)46)59-40-37(50)36-32(48)18-31(52-22-28-12-8-5-9-13-28)19-33(36)57-38(40)29-14-16-30(17-15-29)51-21-27-10-6-4-7-11-27/h4-19,34,39,41-43,48H,20-23H2,1-3H3. The zero-order valence-electron chi connectivity index (χ0n) is 32.0. The molecule has 0 radical (unpaired) electrons. The molecular weight excluding hydrogens is 792 g/mol. The van der Waals surface area contributed by atoms with Gasteiger partial charge < -0.3 is 47.4 Å². The highest BCUT2D eigenvalue weighted by atomic mass is 35.5. The Bertz CT molecular complexity index is 2330. The number of phenols is 1. The normalized spacial score (nSPS) is 18.6. The van der Waals surface area contributed by atoms with E-state index in [2.05, 4.69) is 0 Å². The maximum atomic E-state index is 14.6. The Hall–Kier alpha value is -6.58. The first kappa shape index (κ1) is 42.0. The van der Waals surface area contributed by atoms with Crippen LogP contribution in [-0.4, -0.2) is 72.2 Å².